The van der Waals surface area contributed by atoms with Crippen molar-refractivity contribution in [3.63, 3.8) is 0 Å². The van der Waals surface area contributed by atoms with E-state index >= 15 is 0 Å². The number of carbonyl (C=O) groups is 3. The number of likely N-dealkylation sites (N-methyl/N-ethyl adjacent to an activating group) is 1. The Labute approximate surface area is 199 Å². The number of para-hydroxylation sites is 1. The molecule has 0 aliphatic carbocycles. The van der Waals surface area contributed by atoms with Crippen LogP contribution < -0.4 is 20.1 Å². The summed E-state index contributed by atoms with van der Waals surface area (Å²) in [7, 11) is 3.86. The molecular formula is C26H31N3O5. The van der Waals surface area contributed by atoms with Gasteiger partial charge >= 0.3 is 5.97 Å². The van der Waals surface area contributed by atoms with Crippen LogP contribution in [0.5, 0.6) is 11.5 Å². The van der Waals surface area contributed by atoms with Gasteiger partial charge in [-0.2, -0.15) is 0 Å². The molecule has 2 N–H and O–H groups in total. The van der Waals surface area contributed by atoms with E-state index in [1.165, 1.54) is 6.92 Å². The van der Waals surface area contributed by atoms with Crippen LogP contribution in [0.3, 0.4) is 0 Å². The fourth-order valence-corrected chi connectivity index (χ4v) is 3.75. The lowest BCUT2D eigenvalue weighted by Gasteiger charge is -2.24. The van der Waals surface area contributed by atoms with Gasteiger partial charge in [0.25, 0.3) is 11.8 Å². The smallest absolute Gasteiger partial charge is 0.308 e. The molecule has 0 fully saturated rings. The predicted molar refractivity (Wildman–Crippen MR) is 131 cm³/mol. The highest BCUT2D eigenvalue weighted by atomic mass is 16.5. The molecule has 34 heavy (non-hydrogen) atoms. The molecule has 0 spiro atoms. The third-order valence-corrected chi connectivity index (χ3v) is 5.73. The Morgan fingerprint density at radius 3 is 2.41 bits per heavy atom. The highest BCUT2D eigenvalue weighted by molar-refractivity contribution is 6.11. The average Bonchev–Trinajstić information content (AvgIpc) is 2.80. The Balaban J connectivity index is 1.86. The summed E-state index contributed by atoms with van der Waals surface area (Å²) in [5.74, 6) is 0.105. The van der Waals surface area contributed by atoms with Crippen LogP contribution in [0, 0.1) is 20.8 Å². The van der Waals surface area contributed by atoms with Gasteiger partial charge in [-0.05, 0) is 64.2 Å². The summed E-state index contributed by atoms with van der Waals surface area (Å²) in [6.07, 6.45) is 1.75. The van der Waals surface area contributed by atoms with Crippen molar-refractivity contribution in [1.82, 2.24) is 10.2 Å². The van der Waals surface area contributed by atoms with Crippen molar-refractivity contribution in [2.75, 3.05) is 39.1 Å². The molecule has 2 aromatic rings. The minimum Gasteiger partial charge on any atom is -0.488 e. The maximum absolute atomic E-state index is 13.1. The zero-order valence-electron chi connectivity index (χ0n) is 20.5. The molecule has 0 unspecified atom stereocenters. The Hall–Kier alpha value is -3.65. The first-order valence-electron chi connectivity index (χ1n) is 11.1. The molecule has 8 heteroatoms. The van der Waals surface area contributed by atoms with Crippen LogP contribution >= 0.6 is 0 Å². The van der Waals surface area contributed by atoms with Gasteiger partial charge < -0.3 is 25.0 Å². The summed E-state index contributed by atoms with van der Waals surface area (Å²) in [6, 6.07) is 6.87. The molecule has 0 radical (unpaired) electrons. The lowest BCUT2D eigenvalue weighted by atomic mass is 9.94. The van der Waals surface area contributed by atoms with Gasteiger partial charge in [-0.3, -0.25) is 14.4 Å². The molecule has 0 aromatic heterocycles. The molecule has 0 bridgehead atoms. The Kier molecular flexibility index (Phi) is 7.73. The van der Waals surface area contributed by atoms with Crippen LogP contribution in [-0.2, 0) is 9.59 Å². The maximum Gasteiger partial charge on any atom is 0.308 e. The zero-order chi connectivity index (χ0) is 25.0. The monoisotopic (exact) mass is 465 g/mol. The van der Waals surface area contributed by atoms with Gasteiger partial charge in [-0.1, -0.05) is 12.1 Å². The van der Waals surface area contributed by atoms with E-state index in [1.54, 1.807) is 30.3 Å². The first-order chi connectivity index (χ1) is 16.1. The third-order valence-electron chi connectivity index (χ3n) is 5.73. The Morgan fingerprint density at radius 2 is 1.74 bits per heavy atom. The number of ether oxygens (including phenoxy) is 2. The van der Waals surface area contributed by atoms with E-state index in [4.69, 9.17) is 9.47 Å². The molecule has 2 aromatic carbocycles. The summed E-state index contributed by atoms with van der Waals surface area (Å²) >= 11 is 0. The van der Waals surface area contributed by atoms with Crippen molar-refractivity contribution in [2.24, 2.45) is 0 Å². The van der Waals surface area contributed by atoms with Crippen LogP contribution in [-0.4, -0.2) is 56.5 Å². The van der Waals surface area contributed by atoms with Gasteiger partial charge in [-0.15, -0.1) is 0 Å². The highest BCUT2D eigenvalue weighted by Gasteiger charge is 2.25. The second kappa shape index (κ2) is 10.5. The first kappa shape index (κ1) is 25.0. The van der Waals surface area contributed by atoms with Crippen molar-refractivity contribution in [3.8, 4) is 11.5 Å². The Morgan fingerprint density at radius 1 is 1.03 bits per heavy atom. The van der Waals surface area contributed by atoms with E-state index in [0.29, 0.717) is 47.0 Å². The molecule has 0 atom stereocenters. The molecule has 1 aliphatic heterocycles. The molecule has 0 saturated carbocycles. The lowest BCUT2D eigenvalue weighted by Crippen LogP contribution is -2.32. The van der Waals surface area contributed by atoms with Crippen molar-refractivity contribution in [3.05, 3.63) is 57.7 Å². The van der Waals surface area contributed by atoms with Gasteiger partial charge in [0.15, 0.2) is 0 Å². The number of benzene rings is 2. The van der Waals surface area contributed by atoms with E-state index in [9.17, 15) is 14.4 Å². The maximum atomic E-state index is 13.1. The standard InChI is InChI=1S/C26H31N3O5/c1-15-16(2)24-21(17(3)23(15)34-18(4)30)13-19(14-33-24)25(31)28-22-10-8-7-9-20(22)26(32)27-11-12-29(5)6/h7-10,13H,11-12,14H2,1-6H3,(H,27,32)(H,28,31). The van der Waals surface area contributed by atoms with E-state index in [-0.39, 0.29) is 18.4 Å². The number of carbonyl (C=O) groups excluding carboxylic acids is 3. The van der Waals surface area contributed by atoms with E-state index < -0.39 is 5.97 Å². The summed E-state index contributed by atoms with van der Waals surface area (Å²) in [6.45, 7) is 8.23. The number of esters is 1. The predicted octanol–water partition coefficient (Wildman–Crippen LogP) is 3.24. The first-order valence-corrected chi connectivity index (χ1v) is 11.1. The minimum absolute atomic E-state index is 0.0860. The number of nitrogens with one attached hydrogen (secondary N) is 2. The van der Waals surface area contributed by atoms with Crippen molar-refractivity contribution in [1.29, 1.82) is 0 Å². The summed E-state index contributed by atoms with van der Waals surface area (Å²) in [5.41, 5.74) is 4.29. The lowest BCUT2D eigenvalue weighted by molar-refractivity contribution is -0.132. The van der Waals surface area contributed by atoms with Gasteiger partial charge in [0, 0.05) is 31.1 Å². The molecule has 8 nitrogen and oxygen atoms in total. The average molecular weight is 466 g/mol. The topological polar surface area (TPSA) is 97.0 Å². The van der Waals surface area contributed by atoms with Gasteiger partial charge in [0.05, 0.1) is 16.8 Å². The highest BCUT2D eigenvalue weighted by Crippen LogP contribution is 2.41. The molecular weight excluding hydrogens is 434 g/mol. The number of hydrogen-bond acceptors (Lipinski definition) is 6. The van der Waals surface area contributed by atoms with Gasteiger partial charge in [0.2, 0.25) is 0 Å². The fourth-order valence-electron chi connectivity index (χ4n) is 3.75. The van der Waals surface area contributed by atoms with Crippen molar-refractivity contribution in [2.45, 2.75) is 27.7 Å². The SMILES string of the molecule is CC(=O)Oc1c(C)c(C)c2c(c1C)C=C(C(=O)Nc1ccccc1C(=O)NCCN(C)C)CO2. The van der Waals surface area contributed by atoms with Gasteiger partial charge in [-0.25, -0.2) is 0 Å². The normalized spacial score (nSPS) is 12.4. The number of amides is 2. The zero-order valence-corrected chi connectivity index (χ0v) is 20.5. The largest absolute Gasteiger partial charge is 0.488 e. The second-order valence-electron chi connectivity index (χ2n) is 8.56. The third kappa shape index (κ3) is 5.46. The van der Waals surface area contributed by atoms with Crippen LogP contribution in [0.2, 0.25) is 0 Å². The van der Waals surface area contributed by atoms with Crippen molar-refractivity contribution < 1.29 is 23.9 Å². The van der Waals surface area contributed by atoms with E-state index in [1.807, 2.05) is 39.8 Å². The molecule has 1 aliphatic rings. The van der Waals surface area contributed by atoms with Crippen LogP contribution in [0.1, 0.15) is 39.5 Å². The number of fused-ring (bicyclic) bond motifs is 1. The van der Waals surface area contributed by atoms with E-state index in [2.05, 4.69) is 10.6 Å². The van der Waals surface area contributed by atoms with E-state index in [0.717, 1.165) is 16.7 Å². The summed E-state index contributed by atoms with van der Waals surface area (Å²) < 4.78 is 11.4. The number of anilines is 1. The van der Waals surface area contributed by atoms with Crippen molar-refractivity contribution >= 4 is 29.5 Å². The van der Waals surface area contributed by atoms with Crippen LogP contribution in [0.15, 0.2) is 29.8 Å². The number of rotatable bonds is 7. The molecule has 0 saturated heterocycles. The number of hydrogen-bond donors (Lipinski definition) is 2. The molecule has 180 valence electrons. The molecule has 2 amide bonds. The summed E-state index contributed by atoms with van der Waals surface area (Å²) in [5, 5.41) is 5.70. The fraction of sp³-hybridized carbons (Fsp3) is 0.346. The summed E-state index contributed by atoms with van der Waals surface area (Å²) in [4.78, 5) is 39.3. The van der Waals surface area contributed by atoms with Crippen LogP contribution in [0.4, 0.5) is 5.69 Å². The Bertz CT molecular complexity index is 1170. The second-order valence-corrected chi connectivity index (χ2v) is 8.56. The van der Waals surface area contributed by atoms with Gasteiger partial charge in [0.1, 0.15) is 18.1 Å². The minimum atomic E-state index is -0.412. The van der Waals surface area contributed by atoms with Crippen LogP contribution in [0.25, 0.3) is 6.08 Å². The number of nitrogens with zero attached hydrogens (tertiary/aromatic N) is 1. The molecule has 1 heterocycles. The quantitative estimate of drug-likeness (QED) is 0.481. The molecule has 3 rings (SSSR count).